The van der Waals surface area contributed by atoms with E-state index in [2.05, 4.69) is 5.32 Å². The minimum atomic E-state index is -0.404. The van der Waals surface area contributed by atoms with Crippen LogP contribution in [0.3, 0.4) is 0 Å². The summed E-state index contributed by atoms with van der Waals surface area (Å²) in [5, 5.41) is 14.2. The van der Waals surface area contributed by atoms with Gasteiger partial charge in [-0.25, -0.2) is 4.79 Å². The lowest BCUT2D eigenvalue weighted by atomic mass is 10.1. The van der Waals surface area contributed by atoms with Crippen molar-refractivity contribution in [2.24, 2.45) is 0 Å². The Morgan fingerprint density at radius 3 is 2.76 bits per heavy atom. The molecule has 2 rings (SSSR count). The van der Waals surface area contributed by atoms with Gasteiger partial charge in [-0.1, -0.05) is 24.3 Å². The molecule has 0 bridgehead atoms. The first-order valence-corrected chi connectivity index (χ1v) is 7.79. The van der Waals surface area contributed by atoms with Crippen LogP contribution in [-0.4, -0.2) is 35.7 Å². The van der Waals surface area contributed by atoms with Crippen molar-refractivity contribution in [2.75, 3.05) is 18.9 Å². The minimum absolute atomic E-state index is 0.167. The Bertz CT molecular complexity index is 582. The average Bonchev–Trinajstić information content (AvgIpc) is 2.99. The van der Waals surface area contributed by atoms with Crippen molar-refractivity contribution >= 4 is 23.1 Å². The van der Waals surface area contributed by atoms with Gasteiger partial charge in [-0.2, -0.15) is 0 Å². The van der Waals surface area contributed by atoms with E-state index in [0.29, 0.717) is 13.0 Å². The van der Waals surface area contributed by atoms with E-state index in [1.165, 1.54) is 0 Å². The topological polar surface area (TPSA) is 52.6 Å². The van der Waals surface area contributed by atoms with Gasteiger partial charge in [0.15, 0.2) is 0 Å². The van der Waals surface area contributed by atoms with Crippen LogP contribution in [0.5, 0.6) is 0 Å². The number of carbonyl (C=O) groups excluding carboxylic acids is 1. The number of nitrogens with one attached hydrogen (secondary N) is 1. The summed E-state index contributed by atoms with van der Waals surface area (Å²) >= 11 is 1.64. The normalized spacial score (nSPS) is 12.0. The van der Waals surface area contributed by atoms with Crippen molar-refractivity contribution in [1.29, 1.82) is 0 Å². The van der Waals surface area contributed by atoms with Crippen molar-refractivity contribution in [1.82, 2.24) is 4.90 Å². The van der Waals surface area contributed by atoms with E-state index in [0.717, 1.165) is 16.1 Å². The lowest BCUT2D eigenvalue weighted by molar-refractivity contribution is 0.167. The molecule has 0 radical (unpaired) electrons. The Morgan fingerprint density at radius 2 is 2.10 bits per heavy atom. The number of benzene rings is 1. The third kappa shape index (κ3) is 4.31. The van der Waals surface area contributed by atoms with E-state index < -0.39 is 6.10 Å². The summed E-state index contributed by atoms with van der Waals surface area (Å²) in [7, 11) is 1.73. The van der Waals surface area contributed by atoms with Gasteiger partial charge in [-0.3, -0.25) is 0 Å². The maximum atomic E-state index is 12.2. The maximum Gasteiger partial charge on any atom is 0.321 e. The van der Waals surface area contributed by atoms with Crippen LogP contribution in [0.15, 0.2) is 41.8 Å². The number of thiophene rings is 1. The van der Waals surface area contributed by atoms with Crippen LogP contribution in [0.4, 0.5) is 10.5 Å². The van der Waals surface area contributed by atoms with Gasteiger partial charge in [-0.15, -0.1) is 11.3 Å². The Hall–Kier alpha value is -1.85. The van der Waals surface area contributed by atoms with Crippen molar-refractivity contribution in [3.63, 3.8) is 0 Å². The highest BCUT2D eigenvalue weighted by Gasteiger charge is 2.12. The highest BCUT2D eigenvalue weighted by atomic mass is 32.1. The first-order valence-electron chi connectivity index (χ1n) is 6.91. The molecule has 0 saturated carbocycles. The first-order chi connectivity index (χ1) is 10.1. The van der Waals surface area contributed by atoms with Gasteiger partial charge in [0.1, 0.15) is 0 Å². The SMILES string of the molecule is CC(O)CCN(C)C(=O)Nc1ccccc1-c1cccs1. The molecule has 2 amide bonds. The highest BCUT2D eigenvalue weighted by Crippen LogP contribution is 2.31. The standard InChI is InChI=1S/C16H20N2O2S/c1-12(19)9-10-18(2)16(20)17-14-7-4-3-6-13(14)15-8-5-11-21-15/h3-8,11-12,19H,9-10H2,1-2H3,(H,17,20). The smallest absolute Gasteiger partial charge is 0.321 e. The molecule has 0 aliphatic rings. The van der Waals surface area contributed by atoms with Crippen LogP contribution in [0, 0.1) is 0 Å². The van der Waals surface area contributed by atoms with E-state index >= 15 is 0 Å². The van der Waals surface area contributed by atoms with Gasteiger partial charge in [0.25, 0.3) is 0 Å². The molecular weight excluding hydrogens is 284 g/mol. The number of urea groups is 1. The fourth-order valence-electron chi connectivity index (χ4n) is 1.93. The van der Waals surface area contributed by atoms with Crippen molar-refractivity contribution < 1.29 is 9.90 Å². The van der Waals surface area contributed by atoms with Crippen molar-refractivity contribution in [3.05, 3.63) is 41.8 Å². The molecular formula is C16H20N2O2S. The van der Waals surface area contributed by atoms with E-state index in [-0.39, 0.29) is 6.03 Å². The molecule has 0 fully saturated rings. The van der Waals surface area contributed by atoms with Gasteiger partial charge in [-0.05, 0) is 30.9 Å². The first kappa shape index (κ1) is 15.5. The lowest BCUT2D eigenvalue weighted by Gasteiger charge is -2.19. The average molecular weight is 304 g/mol. The van der Waals surface area contributed by atoms with Crippen LogP contribution in [0.2, 0.25) is 0 Å². The molecule has 0 aliphatic heterocycles. The molecule has 5 heteroatoms. The number of rotatable bonds is 5. The molecule has 1 atom stereocenters. The van der Waals surface area contributed by atoms with Crippen LogP contribution in [0.1, 0.15) is 13.3 Å². The fraction of sp³-hybridized carbons (Fsp3) is 0.312. The molecule has 0 spiro atoms. The lowest BCUT2D eigenvalue weighted by Crippen LogP contribution is -2.33. The number of hydrogen-bond donors (Lipinski definition) is 2. The molecule has 0 saturated heterocycles. The zero-order chi connectivity index (χ0) is 15.2. The second-order valence-electron chi connectivity index (χ2n) is 5.01. The summed E-state index contributed by atoms with van der Waals surface area (Å²) in [6.07, 6.45) is 0.162. The summed E-state index contributed by atoms with van der Waals surface area (Å²) in [6.45, 7) is 2.24. The van der Waals surface area contributed by atoms with E-state index in [1.807, 2.05) is 41.8 Å². The quantitative estimate of drug-likeness (QED) is 0.886. The fourth-order valence-corrected chi connectivity index (χ4v) is 2.70. The minimum Gasteiger partial charge on any atom is -0.393 e. The Kier molecular flexibility index (Phi) is 5.36. The number of aliphatic hydroxyl groups is 1. The molecule has 1 unspecified atom stereocenters. The Labute approximate surface area is 129 Å². The zero-order valence-electron chi connectivity index (χ0n) is 12.2. The van der Waals surface area contributed by atoms with Crippen LogP contribution in [0.25, 0.3) is 10.4 Å². The van der Waals surface area contributed by atoms with E-state index in [1.54, 1.807) is 30.2 Å². The van der Waals surface area contributed by atoms with Crippen LogP contribution < -0.4 is 5.32 Å². The van der Waals surface area contributed by atoms with Crippen molar-refractivity contribution in [2.45, 2.75) is 19.4 Å². The summed E-state index contributed by atoms with van der Waals surface area (Å²) in [6, 6.07) is 11.6. The predicted octanol–water partition coefficient (Wildman–Crippen LogP) is 3.65. The summed E-state index contributed by atoms with van der Waals surface area (Å²) in [5.74, 6) is 0. The van der Waals surface area contributed by atoms with Crippen molar-refractivity contribution in [3.8, 4) is 10.4 Å². The predicted molar refractivity (Wildman–Crippen MR) is 87.7 cm³/mol. The number of aliphatic hydroxyl groups excluding tert-OH is 1. The van der Waals surface area contributed by atoms with Crippen LogP contribution in [-0.2, 0) is 0 Å². The number of nitrogens with zero attached hydrogens (tertiary/aromatic N) is 1. The Balaban J connectivity index is 2.08. The monoisotopic (exact) mass is 304 g/mol. The molecule has 0 aliphatic carbocycles. The van der Waals surface area contributed by atoms with Gasteiger partial charge in [0.05, 0.1) is 11.8 Å². The third-order valence-corrected chi connectivity index (χ3v) is 4.09. The zero-order valence-corrected chi connectivity index (χ0v) is 13.1. The van der Waals surface area contributed by atoms with Crippen LogP contribution >= 0.6 is 11.3 Å². The van der Waals surface area contributed by atoms with Gasteiger partial charge < -0.3 is 15.3 Å². The molecule has 112 valence electrons. The second kappa shape index (κ2) is 7.24. The summed E-state index contributed by atoms with van der Waals surface area (Å²) in [4.78, 5) is 14.9. The maximum absolute atomic E-state index is 12.2. The van der Waals surface area contributed by atoms with Gasteiger partial charge >= 0.3 is 6.03 Å². The largest absolute Gasteiger partial charge is 0.393 e. The second-order valence-corrected chi connectivity index (χ2v) is 5.96. The number of carbonyl (C=O) groups is 1. The summed E-state index contributed by atoms with van der Waals surface area (Å²) < 4.78 is 0. The van der Waals surface area contributed by atoms with E-state index in [4.69, 9.17) is 0 Å². The number of amides is 2. The number of para-hydroxylation sites is 1. The van der Waals surface area contributed by atoms with E-state index in [9.17, 15) is 9.90 Å². The number of hydrogen-bond acceptors (Lipinski definition) is 3. The van der Waals surface area contributed by atoms with Gasteiger partial charge in [0.2, 0.25) is 0 Å². The molecule has 1 aromatic heterocycles. The molecule has 1 aromatic carbocycles. The molecule has 2 aromatic rings. The molecule has 4 nitrogen and oxygen atoms in total. The highest BCUT2D eigenvalue weighted by molar-refractivity contribution is 7.13. The molecule has 1 heterocycles. The molecule has 21 heavy (non-hydrogen) atoms. The number of anilines is 1. The van der Waals surface area contributed by atoms with Gasteiger partial charge in [0, 0.05) is 24.0 Å². The molecule has 2 N–H and O–H groups in total. The third-order valence-electron chi connectivity index (χ3n) is 3.18. The summed E-state index contributed by atoms with van der Waals surface area (Å²) in [5.41, 5.74) is 1.82. The Morgan fingerprint density at radius 1 is 1.33 bits per heavy atom.